The number of carbonyl (C=O) groups excluding carboxylic acids is 1. The number of hydrogen-bond donors (Lipinski definition) is 2. The number of nitrogens with zero attached hydrogens (tertiary/aromatic N) is 9. The van der Waals surface area contributed by atoms with E-state index in [0.29, 0.717) is 95.5 Å². The summed E-state index contributed by atoms with van der Waals surface area (Å²) in [6, 6.07) is 14.0. The average Bonchev–Trinajstić information content (AvgIpc) is 3.65. The number of hydrogen-bond acceptors (Lipinski definition) is 8. The number of aryl methyl sites for hydroxylation is 3. The van der Waals surface area contributed by atoms with Crippen LogP contribution in [-0.4, -0.2) is 74.8 Å². The molecule has 2 bridgehead atoms. The van der Waals surface area contributed by atoms with E-state index in [9.17, 15) is 10.0 Å². The lowest BCUT2D eigenvalue weighted by molar-refractivity contribution is 0.0643. The molecule has 7 aromatic rings. The van der Waals surface area contributed by atoms with Crippen LogP contribution in [0.4, 0.5) is 8.78 Å². The Morgan fingerprint density at radius 2 is 1.73 bits per heavy atom. The summed E-state index contributed by atoms with van der Waals surface area (Å²) in [5, 5.41) is 23.9. The largest absolute Gasteiger partial charge is 0.409 e. The second-order valence-corrected chi connectivity index (χ2v) is 17.9. The molecule has 322 valence electrons. The van der Waals surface area contributed by atoms with Crippen LogP contribution in [0.5, 0.6) is 0 Å². The lowest BCUT2D eigenvalue weighted by Crippen LogP contribution is -2.43. The molecule has 4 atom stereocenters. The molecule has 4 aliphatic rings. The summed E-state index contributed by atoms with van der Waals surface area (Å²) < 4.78 is 42.8. The number of rotatable bonds is 7. The van der Waals surface area contributed by atoms with E-state index in [1.54, 1.807) is 60.7 Å². The van der Waals surface area contributed by atoms with Crippen LogP contribution in [0.15, 0.2) is 77.1 Å². The van der Waals surface area contributed by atoms with E-state index >= 15 is 13.6 Å². The number of ether oxygens (including phenoxy) is 1. The molecule has 0 radical (unpaired) electrons. The number of amidine groups is 1. The first-order valence-electron chi connectivity index (χ1n) is 21.5. The van der Waals surface area contributed by atoms with Gasteiger partial charge >= 0.3 is 5.69 Å². The average molecular weight is 853 g/mol. The molecule has 1 amide bonds. The summed E-state index contributed by atoms with van der Waals surface area (Å²) in [5.74, 6) is -0.503. The second-order valence-electron chi connectivity index (χ2n) is 17.9. The van der Waals surface area contributed by atoms with Gasteiger partial charge in [0.05, 0.1) is 62.4 Å². The first kappa shape index (κ1) is 39.2. The van der Waals surface area contributed by atoms with E-state index < -0.39 is 23.0 Å². The topological polar surface area (TPSA) is 164 Å². The minimum Gasteiger partial charge on any atom is -0.409 e. The summed E-state index contributed by atoms with van der Waals surface area (Å²) >= 11 is 0. The Bertz CT molecular complexity index is 3140. The van der Waals surface area contributed by atoms with Gasteiger partial charge in [0, 0.05) is 56.1 Å². The molecule has 7 heterocycles. The number of imidazole rings is 1. The van der Waals surface area contributed by atoms with Gasteiger partial charge < -0.3 is 20.6 Å². The third kappa shape index (κ3) is 5.75. The minimum atomic E-state index is -0.943. The van der Waals surface area contributed by atoms with Gasteiger partial charge in [0.2, 0.25) is 0 Å². The summed E-state index contributed by atoms with van der Waals surface area (Å²) in [6.45, 7) is 6.77. The van der Waals surface area contributed by atoms with Crippen molar-refractivity contribution in [3.8, 4) is 17.2 Å². The van der Waals surface area contributed by atoms with Crippen LogP contribution < -0.4 is 11.4 Å². The van der Waals surface area contributed by atoms with E-state index in [-0.39, 0.29) is 40.6 Å². The van der Waals surface area contributed by atoms with Gasteiger partial charge in [-0.15, -0.1) is 0 Å². The van der Waals surface area contributed by atoms with Gasteiger partial charge in [-0.2, -0.15) is 10.2 Å². The van der Waals surface area contributed by atoms with Gasteiger partial charge in [-0.1, -0.05) is 24.2 Å². The maximum Gasteiger partial charge on any atom is 0.338 e. The highest BCUT2D eigenvalue weighted by Gasteiger charge is 2.60. The van der Waals surface area contributed by atoms with Gasteiger partial charge in [0.15, 0.2) is 11.7 Å². The van der Waals surface area contributed by atoms with Gasteiger partial charge in [0.1, 0.15) is 11.6 Å². The zero-order valence-electron chi connectivity index (χ0n) is 35.3. The minimum absolute atomic E-state index is 0.0110. The van der Waals surface area contributed by atoms with Crippen molar-refractivity contribution in [1.82, 2.24) is 38.6 Å². The van der Waals surface area contributed by atoms with Gasteiger partial charge in [0.25, 0.3) is 5.91 Å². The molecular weight excluding hydrogens is 807 g/mol. The molecule has 16 heteroatoms. The first-order chi connectivity index (χ1) is 30.4. The molecule has 1 aliphatic carbocycles. The Balaban J connectivity index is 1.07. The predicted molar refractivity (Wildman–Crippen MR) is 231 cm³/mol. The van der Waals surface area contributed by atoms with Gasteiger partial charge in [-0.25, -0.2) is 18.3 Å². The zero-order valence-corrected chi connectivity index (χ0v) is 35.3. The molecule has 0 spiro atoms. The highest BCUT2D eigenvalue weighted by atomic mass is 19.1. The summed E-state index contributed by atoms with van der Waals surface area (Å²) in [4.78, 5) is 37.4. The predicted octanol–water partition coefficient (Wildman–Crippen LogP) is 6.96. The van der Waals surface area contributed by atoms with Crippen LogP contribution >= 0.6 is 0 Å². The SMILES string of the molecule is Cc1cc(-n2nc3c(c2-n2ccn(-c4ccc5c(cnn5C)c4F)c2=O)[C@@H]2CC[C@H](C3)N2C(=O)c2cc3ccc(C4CCOCC4)cc3nc2[C@@]2(C(N)=NO)C[C@@H]2C)cc(C)c1F. The molecule has 63 heavy (non-hydrogen) atoms. The quantitative estimate of drug-likeness (QED) is 0.0753. The summed E-state index contributed by atoms with van der Waals surface area (Å²) in [6.07, 6.45) is 8.56. The fraction of sp³-hybridized carbons (Fsp3) is 0.362. The summed E-state index contributed by atoms with van der Waals surface area (Å²) in [5.41, 5.74) is 11.1. The molecule has 2 saturated heterocycles. The number of carbonyl (C=O) groups is 1. The molecule has 3 N–H and O–H groups in total. The van der Waals surface area contributed by atoms with Crippen LogP contribution in [0.1, 0.15) is 95.0 Å². The van der Waals surface area contributed by atoms with Crippen molar-refractivity contribution in [3.05, 3.63) is 128 Å². The smallest absolute Gasteiger partial charge is 0.338 e. The van der Waals surface area contributed by atoms with Crippen molar-refractivity contribution in [1.29, 1.82) is 0 Å². The third-order valence-electron chi connectivity index (χ3n) is 14.3. The van der Waals surface area contributed by atoms with Gasteiger partial charge in [-0.05, 0) is 111 Å². The Kier molecular flexibility index (Phi) is 8.82. The van der Waals surface area contributed by atoms with Crippen molar-refractivity contribution in [2.24, 2.45) is 23.9 Å². The van der Waals surface area contributed by atoms with Crippen molar-refractivity contribution in [3.63, 3.8) is 0 Å². The number of fused-ring (bicyclic) bond motifs is 6. The molecule has 4 aromatic heterocycles. The van der Waals surface area contributed by atoms with Crippen molar-refractivity contribution in [2.75, 3.05) is 13.2 Å². The van der Waals surface area contributed by atoms with E-state index in [1.165, 1.54) is 21.5 Å². The van der Waals surface area contributed by atoms with E-state index in [1.807, 2.05) is 24.0 Å². The number of aromatic nitrogens is 7. The lowest BCUT2D eigenvalue weighted by Gasteiger charge is -2.35. The maximum absolute atomic E-state index is 16.1. The standard InChI is InChI=1S/C47H46F2N10O4/c1-24-17-31(18-25(2)40(24)48)59-43(57-14-13-56(46(57)61)38-10-9-36-33(41(38)49)23-51-55(36)4)39-35(53-59)21-30-7-8-37(39)58(30)44(60)32-19-29-6-5-28(27-11-15-63-16-12-27)20-34(29)52-42(32)47(22-26(47)3)45(50)54-62/h5-6,9-10,13-14,17-20,23,26-27,30,37,62H,7-8,11-12,15-16,21-22H2,1-4H3,(H2,50,54)/t26-,30+,37-,47+/m0/s1. The number of oxime groups is 1. The third-order valence-corrected chi connectivity index (χ3v) is 14.3. The molecule has 3 aliphatic heterocycles. The second kappa shape index (κ2) is 14.2. The Morgan fingerprint density at radius 3 is 2.46 bits per heavy atom. The zero-order chi connectivity index (χ0) is 43.6. The molecule has 3 aromatic carbocycles. The fourth-order valence-corrected chi connectivity index (χ4v) is 10.8. The monoisotopic (exact) mass is 852 g/mol. The fourth-order valence-electron chi connectivity index (χ4n) is 10.8. The van der Waals surface area contributed by atoms with Gasteiger partial charge in [-0.3, -0.25) is 23.6 Å². The molecule has 11 rings (SSSR count). The summed E-state index contributed by atoms with van der Waals surface area (Å²) in [7, 11) is 1.72. The van der Waals surface area contributed by atoms with Crippen LogP contribution in [0.3, 0.4) is 0 Å². The van der Waals surface area contributed by atoms with Crippen LogP contribution in [0.25, 0.3) is 39.0 Å². The van der Waals surface area contributed by atoms with Crippen LogP contribution in [0.2, 0.25) is 0 Å². The Labute approximate surface area is 360 Å². The van der Waals surface area contributed by atoms with Crippen LogP contribution in [-0.2, 0) is 23.6 Å². The first-order valence-corrected chi connectivity index (χ1v) is 21.5. The van der Waals surface area contributed by atoms with E-state index in [4.69, 9.17) is 20.6 Å². The van der Waals surface area contributed by atoms with Crippen LogP contribution in [0, 0.1) is 31.4 Å². The molecule has 1 saturated carbocycles. The number of benzene rings is 3. The number of nitrogens with two attached hydrogens (primary N) is 1. The lowest BCUT2D eigenvalue weighted by atomic mass is 9.88. The Morgan fingerprint density at radius 1 is 0.984 bits per heavy atom. The van der Waals surface area contributed by atoms with Crippen molar-refractivity contribution in [2.45, 2.75) is 82.7 Å². The Hall–Kier alpha value is -6.68. The normalized spacial score (nSPS) is 22.3. The highest BCUT2D eigenvalue weighted by molar-refractivity contribution is 6.04. The molecule has 0 unspecified atom stereocenters. The molecule has 14 nitrogen and oxygen atoms in total. The molecule has 3 fully saturated rings. The highest BCUT2D eigenvalue weighted by Crippen LogP contribution is 2.56. The van der Waals surface area contributed by atoms with E-state index in [2.05, 4.69) is 22.4 Å². The van der Waals surface area contributed by atoms with Crippen molar-refractivity contribution >= 4 is 33.5 Å². The number of pyridine rings is 1. The number of halogens is 2. The molecular formula is C47H46F2N10O4. The maximum atomic E-state index is 16.1. The number of amides is 1. The van der Waals surface area contributed by atoms with E-state index in [0.717, 1.165) is 29.3 Å². The van der Waals surface area contributed by atoms with Crippen molar-refractivity contribution < 1.29 is 23.5 Å².